The molecule has 1 aliphatic rings. The fourth-order valence-corrected chi connectivity index (χ4v) is 4.35. The van der Waals surface area contributed by atoms with E-state index >= 15 is 0 Å². The molecule has 0 amide bonds. The van der Waals surface area contributed by atoms with Gasteiger partial charge in [0.15, 0.2) is 11.5 Å². The zero-order valence-electron chi connectivity index (χ0n) is 19.4. The van der Waals surface area contributed by atoms with Crippen molar-refractivity contribution in [2.75, 3.05) is 35.9 Å². The molecule has 1 N–H and O–H groups in total. The summed E-state index contributed by atoms with van der Waals surface area (Å²) in [4.78, 5) is 11.2. The second kappa shape index (κ2) is 11.8. The lowest BCUT2D eigenvalue weighted by atomic mass is 10.2. The van der Waals surface area contributed by atoms with Gasteiger partial charge < -0.3 is 19.7 Å². The summed E-state index contributed by atoms with van der Waals surface area (Å²) in [5, 5.41) is 3.37. The zero-order valence-corrected chi connectivity index (χ0v) is 20.2. The van der Waals surface area contributed by atoms with Crippen LogP contribution in [-0.4, -0.2) is 41.7 Å². The van der Waals surface area contributed by atoms with Crippen molar-refractivity contribution in [2.45, 2.75) is 38.3 Å². The summed E-state index contributed by atoms with van der Waals surface area (Å²) in [7, 11) is 1.69. The lowest BCUT2D eigenvalue weighted by molar-refractivity contribution is 0.201. The third-order valence-electron chi connectivity index (χ3n) is 5.79. The minimum absolute atomic E-state index is 0.259. The molecule has 1 fully saturated rings. The molecule has 2 aromatic heterocycles. The summed E-state index contributed by atoms with van der Waals surface area (Å²) in [6, 6.07) is 14.3. The molecule has 33 heavy (non-hydrogen) atoms. The number of nitrogens with one attached hydrogen (secondary N) is 1. The van der Waals surface area contributed by atoms with E-state index in [2.05, 4.69) is 50.7 Å². The Morgan fingerprint density at radius 1 is 1.06 bits per heavy atom. The average molecular weight is 465 g/mol. The molecule has 0 saturated heterocycles. The standard InChI is InChI=1S/C26H32N4O2S/c1-31-24-11-9-21(16-25(24)32-23-7-3-4-8-23)30(19-20-6-5-13-27-17-20)22-10-12-26(29-18-22)28-14-15-33-2/h5-6,9-13,16-18,23H,3-4,7-8,14-15,19H2,1-2H3,(H,28,29). The van der Waals surface area contributed by atoms with Gasteiger partial charge in [0, 0.05) is 43.0 Å². The van der Waals surface area contributed by atoms with Crippen LogP contribution in [-0.2, 0) is 6.54 Å². The van der Waals surface area contributed by atoms with E-state index in [0.29, 0.717) is 6.54 Å². The Hall–Kier alpha value is -2.93. The van der Waals surface area contributed by atoms with Crippen LogP contribution in [0.4, 0.5) is 17.2 Å². The van der Waals surface area contributed by atoms with E-state index in [-0.39, 0.29) is 6.10 Å². The molecule has 2 heterocycles. The van der Waals surface area contributed by atoms with Crippen LogP contribution in [0.1, 0.15) is 31.2 Å². The Morgan fingerprint density at radius 3 is 2.61 bits per heavy atom. The van der Waals surface area contributed by atoms with Gasteiger partial charge in [0.1, 0.15) is 5.82 Å². The molecule has 6 nitrogen and oxygen atoms in total. The fourth-order valence-electron chi connectivity index (χ4n) is 4.05. The molecule has 0 atom stereocenters. The summed E-state index contributed by atoms with van der Waals surface area (Å²) >= 11 is 1.82. The van der Waals surface area contributed by atoms with Crippen LogP contribution < -0.4 is 19.7 Å². The highest BCUT2D eigenvalue weighted by Crippen LogP contribution is 2.37. The van der Waals surface area contributed by atoms with E-state index in [1.54, 1.807) is 13.3 Å². The Labute approximate surface area is 200 Å². The Morgan fingerprint density at radius 2 is 1.91 bits per heavy atom. The van der Waals surface area contributed by atoms with Gasteiger partial charge in [-0.05, 0) is 67.8 Å². The summed E-state index contributed by atoms with van der Waals surface area (Å²) in [6.07, 6.45) is 12.6. The van der Waals surface area contributed by atoms with E-state index in [4.69, 9.17) is 9.47 Å². The molecular weight excluding hydrogens is 432 g/mol. The smallest absolute Gasteiger partial charge is 0.163 e. The zero-order chi connectivity index (χ0) is 22.9. The Kier molecular flexibility index (Phi) is 8.30. The maximum Gasteiger partial charge on any atom is 0.163 e. The lowest BCUT2D eigenvalue weighted by Crippen LogP contribution is -2.18. The molecule has 0 bridgehead atoms. The minimum Gasteiger partial charge on any atom is -0.493 e. The number of aromatic nitrogens is 2. The van der Waals surface area contributed by atoms with Gasteiger partial charge in [-0.3, -0.25) is 4.98 Å². The first-order valence-corrected chi connectivity index (χ1v) is 12.9. The summed E-state index contributed by atoms with van der Waals surface area (Å²) in [6.45, 7) is 1.57. The number of benzene rings is 1. The number of nitrogens with zero attached hydrogens (tertiary/aromatic N) is 3. The van der Waals surface area contributed by atoms with E-state index < -0.39 is 0 Å². The normalized spacial score (nSPS) is 13.6. The molecule has 0 spiro atoms. The van der Waals surface area contributed by atoms with Crippen molar-refractivity contribution in [3.63, 3.8) is 0 Å². The summed E-state index contributed by atoms with van der Waals surface area (Å²) < 4.78 is 12.0. The molecule has 0 aliphatic heterocycles. The number of thioether (sulfide) groups is 1. The third kappa shape index (κ3) is 6.32. The molecule has 1 saturated carbocycles. The molecule has 7 heteroatoms. The van der Waals surface area contributed by atoms with Crippen molar-refractivity contribution >= 4 is 29.0 Å². The Balaban J connectivity index is 1.63. The van der Waals surface area contributed by atoms with Crippen molar-refractivity contribution in [1.82, 2.24) is 9.97 Å². The highest BCUT2D eigenvalue weighted by atomic mass is 32.2. The molecule has 0 radical (unpaired) electrons. The van der Waals surface area contributed by atoms with Gasteiger partial charge in [0.25, 0.3) is 0 Å². The van der Waals surface area contributed by atoms with Gasteiger partial charge in [0.2, 0.25) is 0 Å². The first kappa shape index (κ1) is 23.2. The van der Waals surface area contributed by atoms with Crippen LogP contribution in [0.5, 0.6) is 11.5 Å². The number of hydrogen-bond acceptors (Lipinski definition) is 7. The number of ether oxygens (including phenoxy) is 2. The predicted molar refractivity (Wildman–Crippen MR) is 137 cm³/mol. The van der Waals surface area contributed by atoms with Gasteiger partial charge in [0.05, 0.1) is 25.1 Å². The molecule has 4 rings (SSSR count). The molecule has 3 aromatic rings. The molecule has 1 aliphatic carbocycles. The molecule has 1 aromatic carbocycles. The van der Waals surface area contributed by atoms with Crippen LogP contribution in [0.2, 0.25) is 0 Å². The molecule has 0 unspecified atom stereocenters. The number of anilines is 3. The third-order valence-corrected chi connectivity index (χ3v) is 6.40. The number of pyridine rings is 2. The second-order valence-corrected chi connectivity index (χ2v) is 9.11. The van der Waals surface area contributed by atoms with Crippen LogP contribution in [0, 0.1) is 0 Å². The minimum atomic E-state index is 0.259. The average Bonchev–Trinajstić information content (AvgIpc) is 3.37. The quantitative estimate of drug-likeness (QED) is 0.353. The van der Waals surface area contributed by atoms with Crippen molar-refractivity contribution in [3.05, 3.63) is 66.6 Å². The highest BCUT2D eigenvalue weighted by molar-refractivity contribution is 7.98. The molecule has 174 valence electrons. The Bertz CT molecular complexity index is 995. The lowest BCUT2D eigenvalue weighted by Gasteiger charge is -2.26. The van der Waals surface area contributed by atoms with Crippen molar-refractivity contribution < 1.29 is 9.47 Å². The highest BCUT2D eigenvalue weighted by Gasteiger charge is 2.20. The number of rotatable bonds is 11. The largest absolute Gasteiger partial charge is 0.493 e. The maximum atomic E-state index is 6.36. The van der Waals surface area contributed by atoms with Gasteiger partial charge in [-0.25, -0.2) is 4.98 Å². The van der Waals surface area contributed by atoms with E-state index in [1.807, 2.05) is 42.4 Å². The fraction of sp³-hybridized carbons (Fsp3) is 0.385. The van der Waals surface area contributed by atoms with Crippen LogP contribution >= 0.6 is 11.8 Å². The maximum absolute atomic E-state index is 6.36. The number of hydrogen-bond donors (Lipinski definition) is 1. The summed E-state index contributed by atoms with van der Waals surface area (Å²) in [5.41, 5.74) is 3.15. The predicted octanol–water partition coefficient (Wildman–Crippen LogP) is 5.92. The molecular formula is C26H32N4O2S. The first-order chi connectivity index (χ1) is 16.3. The van der Waals surface area contributed by atoms with Crippen molar-refractivity contribution in [1.29, 1.82) is 0 Å². The van der Waals surface area contributed by atoms with Crippen LogP contribution in [0.25, 0.3) is 0 Å². The summed E-state index contributed by atoms with van der Waals surface area (Å²) in [5.74, 6) is 3.49. The van der Waals surface area contributed by atoms with E-state index in [1.165, 1.54) is 12.8 Å². The van der Waals surface area contributed by atoms with Crippen molar-refractivity contribution in [2.24, 2.45) is 0 Å². The van der Waals surface area contributed by atoms with Crippen LogP contribution in [0.15, 0.2) is 61.1 Å². The van der Waals surface area contributed by atoms with Crippen LogP contribution in [0.3, 0.4) is 0 Å². The van der Waals surface area contributed by atoms with Gasteiger partial charge in [-0.2, -0.15) is 11.8 Å². The van der Waals surface area contributed by atoms with Gasteiger partial charge in [-0.1, -0.05) is 6.07 Å². The topological polar surface area (TPSA) is 59.5 Å². The monoisotopic (exact) mass is 464 g/mol. The van der Waals surface area contributed by atoms with E-state index in [9.17, 15) is 0 Å². The number of methoxy groups -OCH3 is 1. The van der Waals surface area contributed by atoms with Crippen molar-refractivity contribution in [3.8, 4) is 11.5 Å². The first-order valence-electron chi connectivity index (χ1n) is 11.5. The second-order valence-electron chi connectivity index (χ2n) is 8.13. The van der Waals surface area contributed by atoms with Gasteiger partial charge >= 0.3 is 0 Å². The van der Waals surface area contributed by atoms with Gasteiger partial charge in [-0.15, -0.1) is 0 Å². The SMILES string of the molecule is COc1ccc(N(Cc2cccnc2)c2ccc(NCCSC)nc2)cc1OC1CCCC1. The van der Waals surface area contributed by atoms with E-state index in [0.717, 1.165) is 59.4 Å².